The van der Waals surface area contributed by atoms with Gasteiger partial charge in [-0.2, -0.15) is 0 Å². The molecule has 1 fully saturated rings. The monoisotopic (exact) mass is 397 g/mol. The molecular weight excluding hydrogens is 374 g/mol. The topological polar surface area (TPSA) is 66.7 Å². The van der Waals surface area contributed by atoms with Gasteiger partial charge < -0.3 is 14.2 Å². The fourth-order valence-corrected chi connectivity index (χ4v) is 4.19. The molecule has 146 valence electrons. The van der Waals surface area contributed by atoms with E-state index in [2.05, 4.69) is 4.98 Å². The van der Waals surface area contributed by atoms with Crippen LogP contribution in [0.25, 0.3) is 21.7 Å². The van der Waals surface area contributed by atoms with Gasteiger partial charge in [-0.3, -0.25) is 9.59 Å². The molecule has 6 nitrogen and oxygen atoms in total. The Morgan fingerprint density at radius 1 is 1.11 bits per heavy atom. The van der Waals surface area contributed by atoms with Gasteiger partial charge in [-0.15, -0.1) is 11.3 Å². The zero-order chi connectivity index (χ0) is 19.7. The van der Waals surface area contributed by atoms with Gasteiger partial charge in [0, 0.05) is 42.9 Å². The number of thiazole rings is 1. The Bertz CT molecular complexity index is 974. The van der Waals surface area contributed by atoms with Crippen LogP contribution in [0.3, 0.4) is 0 Å². The van der Waals surface area contributed by atoms with E-state index >= 15 is 0 Å². The third-order valence-electron chi connectivity index (χ3n) is 4.95. The fourth-order valence-electron chi connectivity index (χ4n) is 3.44. The average Bonchev–Trinajstić information content (AvgIpc) is 3.27. The summed E-state index contributed by atoms with van der Waals surface area (Å²) in [6.07, 6.45) is 0.783. The van der Waals surface area contributed by atoms with Crippen LogP contribution in [0.2, 0.25) is 0 Å². The molecule has 1 saturated heterocycles. The van der Waals surface area contributed by atoms with Crippen LogP contribution in [0.1, 0.15) is 30.8 Å². The van der Waals surface area contributed by atoms with Crippen LogP contribution in [0.5, 0.6) is 0 Å². The summed E-state index contributed by atoms with van der Waals surface area (Å²) in [4.78, 5) is 33.3. The summed E-state index contributed by atoms with van der Waals surface area (Å²) < 4.78 is 5.85. The minimum Gasteiger partial charge on any atom is -0.454 e. The van der Waals surface area contributed by atoms with Crippen molar-refractivity contribution in [2.75, 3.05) is 26.2 Å². The van der Waals surface area contributed by atoms with E-state index < -0.39 is 0 Å². The first-order valence-corrected chi connectivity index (χ1v) is 10.4. The number of furan rings is 1. The highest BCUT2D eigenvalue weighted by molar-refractivity contribution is 7.13. The molecule has 1 aliphatic heterocycles. The summed E-state index contributed by atoms with van der Waals surface area (Å²) in [5.41, 5.74) is 1.24. The standard InChI is InChI=1S/C21H23N3O3S/c1-14(2)20(25)23-8-5-9-24(11-10-23)21(26)16-13-28-19(22-16)18-12-15-6-3-4-7-17(15)27-18/h3-4,6-7,12-14H,5,8-11H2,1-2H3. The molecule has 2 amide bonds. The summed E-state index contributed by atoms with van der Waals surface area (Å²) >= 11 is 1.41. The maximum Gasteiger partial charge on any atom is 0.273 e. The molecule has 2 aromatic heterocycles. The Morgan fingerprint density at radius 2 is 1.86 bits per heavy atom. The average molecular weight is 398 g/mol. The quantitative estimate of drug-likeness (QED) is 0.673. The Morgan fingerprint density at radius 3 is 2.64 bits per heavy atom. The smallest absolute Gasteiger partial charge is 0.273 e. The van der Waals surface area contributed by atoms with Gasteiger partial charge in [-0.05, 0) is 18.6 Å². The van der Waals surface area contributed by atoms with Gasteiger partial charge in [0.05, 0.1) is 0 Å². The van der Waals surface area contributed by atoms with Crippen LogP contribution in [0.15, 0.2) is 40.1 Å². The number of aromatic nitrogens is 1. The first kappa shape index (κ1) is 18.7. The van der Waals surface area contributed by atoms with Crippen LogP contribution in [-0.4, -0.2) is 52.8 Å². The lowest BCUT2D eigenvalue weighted by Gasteiger charge is -2.23. The Labute approximate surface area is 167 Å². The number of fused-ring (bicyclic) bond motifs is 1. The fraction of sp³-hybridized carbons (Fsp3) is 0.381. The molecule has 3 heterocycles. The summed E-state index contributed by atoms with van der Waals surface area (Å²) in [5.74, 6) is 0.717. The van der Waals surface area contributed by atoms with E-state index in [0.29, 0.717) is 42.6 Å². The minimum atomic E-state index is -0.0857. The molecule has 1 aliphatic rings. The normalized spacial score (nSPS) is 15.2. The third-order valence-corrected chi connectivity index (χ3v) is 5.81. The summed E-state index contributed by atoms with van der Waals surface area (Å²) in [6, 6.07) is 9.75. The second kappa shape index (κ2) is 7.75. The van der Waals surface area contributed by atoms with Gasteiger partial charge in [0.15, 0.2) is 10.8 Å². The summed E-state index contributed by atoms with van der Waals surface area (Å²) in [5, 5.41) is 3.50. The molecule has 3 aromatic rings. The molecule has 0 bridgehead atoms. The number of rotatable bonds is 3. The van der Waals surface area contributed by atoms with Gasteiger partial charge in [0.2, 0.25) is 5.91 Å². The Kier molecular flexibility index (Phi) is 5.17. The number of carbonyl (C=O) groups excluding carboxylic acids is 2. The number of hydrogen-bond donors (Lipinski definition) is 0. The van der Waals surface area contributed by atoms with Crippen molar-refractivity contribution in [3.63, 3.8) is 0 Å². The van der Waals surface area contributed by atoms with Crippen LogP contribution in [0.4, 0.5) is 0 Å². The van der Waals surface area contributed by atoms with E-state index in [9.17, 15) is 9.59 Å². The second-order valence-corrected chi connectivity index (χ2v) is 8.17. The van der Waals surface area contributed by atoms with E-state index in [1.807, 2.05) is 49.1 Å². The van der Waals surface area contributed by atoms with Gasteiger partial charge in [0.1, 0.15) is 11.3 Å². The van der Waals surface area contributed by atoms with Gasteiger partial charge in [0.25, 0.3) is 5.91 Å². The molecule has 28 heavy (non-hydrogen) atoms. The number of para-hydroxylation sites is 1. The summed E-state index contributed by atoms with van der Waals surface area (Å²) in [7, 11) is 0. The molecule has 1 aromatic carbocycles. The number of amides is 2. The lowest BCUT2D eigenvalue weighted by Crippen LogP contribution is -2.39. The van der Waals surface area contributed by atoms with Crippen molar-refractivity contribution in [2.45, 2.75) is 20.3 Å². The molecule has 0 saturated carbocycles. The van der Waals surface area contributed by atoms with Crippen LogP contribution >= 0.6 is 11.3 Å². The zero-order valence-corrected chi connectivity index (χ0v) is 16.9. The zero-order valence-electron chi connectivity index (χ0n) is 16.1. The molecule has 0 radical (unpaired) electrons. The molecule has 0 spiro atoms. The molecule has 0 unspecified atom stereocenters. The number of nitrogens with zero attached hydrogens (tertiary/aromatic N) is 3. The minimum absolute atomic E-state index is 0.0211. The lowest BCUT2D eigenvalue weighted by molar-refractivity contribution is -0.134. The van der Waals surface area contributed by atoms with Crippen molar-refractivity contribution in [3.8, 4) is 10.8 Å². The Hall–Kier alpha value is -2.67. The van der Waals surface area contributed by atoms with E-state index in [1.54, 1.807) is 10.3 Å². The Balaban J connectivity index is 1.47. The molecule has 0 atom stereocenters. The number of hydrogen-bond acceptors (Lipinski definition) is 5. The molecule has 0 N–H and O–H groups in total. The van der Waals surface area contributed by atoms with Crippen LogP contribution in [-0.2, 0) is 4.79 Å². The largest absolute Gasteiger partial charge is 0.454 e. The van der Waals surface area contributed by atoms with Gasteiger partial charge in [-0.1, -0.05) is 32.0 Å². The highest BCUT2D eigenvalue weighted by Gasteiger charge is 2.25. The van der Waals surface area contributed by atoms with E-state index in [-0.39, 0.29) is 17.7 Å². The number of carbonyl (C=O) groups is 2. The third kappa shape index (κ3) is 3.67. The van der Waals surface area contributed by atoms with Crippen molar-refractivity contribution in [3.05, 3.63) is 41.4 Å². The van der Waals surface area contributed by atoms with Crippen molar-refractivity contribution in [1.29, 1.82) is 0 Å². The van der Waals surface area contributed by atoms with E-state index in [4.69, 9.17) is 4.42 Å². The SMILES string of the molecule is CC(C)C(=O)N1CCCN(C(=O)c2csc(-c3cc4ccccc4o3)n2)CC1. The maximum atomic E-state index is 12.9. The molecular formula is C21H23N3O3S. The van der Waals surface area contributed by atoms with Gasteiger partial charge in [-0.25, -0.2) is 4.98 Å². The van der Waals surface area contributed by atoms with Crippen molar-refractivity contribution < 1.29 is 14.0 Å². The van der Waals surface area contributed by atoms with E-state index in [0.717, 1.165) is 17.4 Å². The summed E-state index contributed by atoms with van der Waals surface area (Å²) in [6.45, 7) is 6.26. The predicted molar refractivity (Wildman–Crippen MR) is 109 cm³/mol. The number of benzene rings is 1. The highest BCUT2D eigenvalue weighted by atomic mass is 32.1. The van der Waals surface area contributed by atoms with Crippen molar-refractivity contribution in [2.24, 2.45) is 5.92 Å². The van der Waals surface area contributed by atoms with Crippen LogP contribution < -0.4 is 0 Å². The van der Waals surface area contributed by atoms with Crippen molar-refractivity contribution >= 4 is 34.1 Å². The second-order valence-electron chi connectivity index (χ2n) is 7.31. The van der Waals surface area contributed by atoms with Gasteiger partial charge >= 0.3 is 0 Å². The predicted octanol–water partition coefficient (Wildman–Crippen LogP) is 3.89. The van der Waals surface area contributed by atoms with Crippen LogP contribution in [0, 0.1) is 5.92 Å². The molecule has 4 rings (SSSR count). The molecule has 7 heteroatoms. The van der Waals surface area contributed by atoms with Crippen molar-refractivity contribution in [1.82, 2.24) is 14.8 Å². The molecule has 0 aliphatic carbocycles. The first-order chi connectivity index (χ1) is 13.5. The maximum absolute atomic E-state index is 12.9. The highest BCUT2D eigenvalue weighted by Crippen LogP contribution is 2.30. The van der Waals surface area contributed by atoms with E-state index in [1.165, 1.54) is 11.3 Å². The lowest BCUT2D eigenvalue weighted by atomic mass is 10.2. The first-order valence-electron chi connectivity index (χ1n) is 9.55.